The Hall–Kier alpha value is -1.33. The van der Waals surface area contributed by atoms with Gasteiger partial charge in [-0.15, -0.1) is 0 Å². The number of hydrogen-bond donors (Lipinski definition) is 1. The molecule has 0 aliphatic carbocycles. The third-order valence-corrected chi connectivity index (χ3v) is 2.65. The standard InChI is InChI=1S/C11H15ClN2O3/c1-2-6-13(7-8-15)11-9(12)4-3-5-10(11)14(16)17/h3-5,15H,2,6-8H2,1H3. The Morgan fingerprint density at radius 2 is 2.18 bits per heavy atom. The molecule has 94 valence electrons. The third kappa shape index (κ3) is 3.31. The van der Waals surface area contributed by atoms with Crippen LogP contribution in [0.5, 0.6) is 0 Å². The highest BCUT2D eigenvalue weighted by Gasteiger charge is 2.21. The molecule has 0 saturated carbocycles. The summed E-state index contributed by atoms with van der Waals surface area (Å²) in [6.45, 7) is 2.85. The fourth-order valence-electron chi connectivity index (χ4n) is 1.69. The summed E-state index contributed by atoms with van der Waals surface area (Å²) < 4.78 is 0. The maximum Gasteiger partial charge on any atom is 0.294 e. The van der Waals surface area contributed by atoms with Crippen LogP contribution in [-0.4, -0.2) is 29.7 Å². The second-order valence-electron chi connectivity index (χ2n) is 3.58. The van der Waals surface area contributed by atoms with E-state index in [9.17, 15) is 10.1 Å². The highest BCUT2D eigenvalue weighted by molar-refractivity contribution is 6.33. The number of anilines is 1. The number of halogens is 1. The number of benzene rings is 1. The lowest BCUT2D eigenvalue weighted by Gasteiger charge is -2.23. The van der Waals surface area contributed by atoms with Crippen LogP contribution < -0.4 is 4.90 Å². The Bertz CT molecular complexity index is 392. The molecule has 0 saturated heterocycles. The molecule has 0 atom stereocenters. The van der Waals surface area contributed by atoms with E-state index in [-0.39, 0.29) is 12.3 Å². The molecule has 0 aromatic heterocycles. The lowest BCUT2D eigenvalue weighted by Crippen LogP contribution is -2.28. The molecular weight excluding hydrogens is 244 g/mol. The SMILES string of the molecule is CCCN(CCO)c1c(Cl)cccc1[N+](=O)[O-]. The van der Waals surface area contributed by atoms with Gasteiger partial charge in [0.2, 0.25) is 0 Å². The zero-order valence-electron chi connectivity index (χ0n) is 9.60. The van der Waals surface area contributed by atoms with Crippen LogP contribution in [0.15, 0.2) is 18.2 Å². The molecule has 1 N–H and O–H groups in total. The van der Waals surface area contributed by atoms with Crippen molar-refractivity contribution >= 4 is 23.0 Å². The van der Waals surface area contributed by atoms with Gasteiger partial charge < -0.3 is 10.0 Å². The normalized spacial score (nSPS) is 10.3. The summed E-state index contributed by atoms with van der Waals surface area (Å²) in [7, 11) is 0. The Morgan fingerprint density at radius 1 is 1.47 bits per heavy atom. The van der Waals surface area contributed by atoms with Gasteiger partial charge in [-0.25, -0.2) is 0 Å². The van der Waals surface area contributed by atoms with Crippen LogP contribution >= 0.6 is 11.6 Å². The largest absolute Gasteiger partial charge is 0.395 e. The minimum Gasteiger partial charge on any atom is -0.395 e. The van der Waals surface area contributed by atoms with Crippen LogP contribution in [0, 0.1) is 10.1 Å². The summed E-state index contributed by atoms with van der Waals surface area (Å²) in [6, 6.07) is 4.58. The minimum absolute atomic E-state index is 0.0283. The molecule has 0 amide bonds. The summed E-state index contributed by atoms with van der Waals surface area (Å²) in [6.07, 6.45) is 0.822. The predicted molar refractivity (Wildman–Crippen MR) is 67.7 cm³/mol. The zero-order chi connectivity index (χ0) is 12.8. The smallest absolute Gasteiger partial charge is 0.294 e. The summed E-state index contributed by atoms with van der Waals surface area (Å²) >= 11 is 6.01. The molecule has 6 heteroatoms. The maximum atomic E-state index is 10.9. The Kier molecular flexibility index (Phi) is 5.18. The predicted octanol–water partition coefficient (Wildman–Crippen LogP) is 2.46. The first-order valence-electron chi connectivity index (χ1n) is 5.40. The van der Waals surface area contributed by atoms with Crippen LogP contribution in [0.25, 0.3) is 0 Å². The van der Waals surface area contributed by atoms with Crippen molar-refractivity contribution in [3.05, 3.63) is 33.3 Å². The molecule has 5 nitrogen and oxygen atoms in total. The van der Waals surface area contributed by atoms with Gasteiger partial charge in [0.1, 0.15) is 5.69 Å². The molecule has 0 aliphatic heterocycles. The van der Waals surface area contributed by atoms with E-state index in [0.717, 1.165) is 6.42 Å². The van der Waals surface area contributed by atoms with Crippen molar-refractivity contribution in [3.8, 4) is 0 Å². The van der Waals surface area contributed by atoms with Crippen molar-refractivity contribution in [2.24, 2.45) is 0 Å². The molecule has 0 heterocycles. The van der Waals surface area contributed by atoms with Crippen LogP contribution in [0.2, 0.25) is 5.02 Å². The van der Waals surface area contributed by atoms with Gasteiger partial charge in [-0.3, -0.25) is 10.1 Å². The number of nitrogens with zero attached hydrogens (tertiary/aromatic N) is 2. The number of rotatable bonds is 6. The van der Waals surface area contributed by atoms with Gasteiger partial charge in [-0.05, 0) is 12.5 Å². The second kappa shape index (κ2) is 6.42. The van der Waals surface area contributed by atoms with Crippen LogP contribution in [-0.2, 0) is 0 Å². The summed E-state index contributed by atoms with van der Waals surface area (Å²) in [5.41, 5.74) is 0.356. The molecule has 17 heavy (non-hydrogen) atoms. The summed E-state index contributed by atoms with van der Waals surface area (Å²) in [5, 5.41) is 20.3. The fraction of sp³-hybridized carbons (Fsp3) is 0.455. The van der Waals surface area contributed by atoms with Crippen molar-refractivity contribution in [2.45, 2.75) is 13.3 Å². The first-order valence-corrected chi connectivity index (χ1v) is 5.78. The van der Waals surface area contributed by atoms with Crippen molar-refractivity contribution in [3.63, 3.8) is 0 Å². The average Bonchev–Trinajstić information content (AvgIpc) is 2.28. The highest BCUT2D eigenvalue weighted by Crippen LogP contribution is 2.35. The molecule has 1 aromatic carbocycles. The van der Waals surface area contributed by atoms with Crippen molar-refractivity contribution in [1.82, 2.24) is 0 Å². The molecule has 0 radical (unpaired) electrons. The Labute approximate surface area is 105 Å². The number of para-hydroxylation sites is 1. The van der Waals surface area contributed by atoms with Gasteiger partial charge in [0.05, 0.1) is 16.6 Å². The molecule has 0 spiro atoms. The van der Waals surface area contributed by atoms with E-state index in [1.807, 2.05) is 6.92 Å². The van der Waals surface area contributed by atoms with Crippen LogP contribution in [0.4, 0.5) is 11.4 Å². The van der Waals surface area contributed by atoms with E-state index in [0.29, 0.717) is 23.8 Å². The second-order valence-corrected chi connectivity index (χ2v) is 3.98. The van der Waals surface area contributed by atoms with Crippen molar-refractivity contribution in [1.29, 1.82) is 0 Å². The molecule has 0 fully saturated rings. The van der Waals surface area contributed by atoms with E-state index in [2.05, 4.69) is 0 Å². The number of hydrogen-bond acceptors (Lipinski definition) is 4. The van der Waals surface area contributed by atoms with Gasteiger partial charge in [0.15, 0.2) is 0 Å². The van der Waals surface area contributed by atoms with Crippen LogP contribution in [0.3, 0.4) is 0 Å². The Balaban J connectivity index is 3.19. The highest BCUT2D eigenvalue weighted by atomic mass is 35.5. The van der Waals surface area contributed by atoms with E-state index in [1.54, 1.807) is 17.0 Å². The fourth-order valence-corrected chi connectivity index (χ4v) is 1.98. The minimum atomic E-state index is -0.457. The summed E-state index contributed by atoms with van der Waals surface area (Å²) in [5.74, 6) is 0. The first-order chi connectivity index (χ1) is 8.11. The lowest BCUT2D eigenvalue weighted by molar-refractivity contribution is -0.384. The number of aliphatic hydroxyl groups excluding tert-OH is 1. The first kappa shape index (κ1) is 13.7. The lowest BCUT2D eigenvalue weighted by atomic mass is 10.2. The van der Waals surface area contributed by atoms with Crippen molar-refractivity contribution < 1.29 is 10.0 Å². The Morgan fingerprint density at radius 3 is 2.71 bits per heavy atom. The monoisotopic (exact) mass is 258 g/mol. The maximum absolute atomic E-state index is 10.9. The summed E-state index contributed by atoms with van der Waals surface area (Å²) in [4.78, 5) is 12.2. The number of nitro benzene ring substituents is 1. The van der Waals surface area contributed by atoms with Gasteiger partial charge in [-0.1, -0.05) is 24.6 Å². The quantitative estimate of drug-likeness (QED) is 0.629. The molecule has 0 bridgehead atoms. The third-order valence-electron chi connectivity index (χ3n) is 2.34. The van der Waals surface area contributed by atoms with Crippen molar-refractivity contribution in [2.75, 3.05) is 24.6 Å². The van der Waals surface area contributed by atoms with Crippen LogP contribution in [0.1, 0.15) is 13.3 Å². The molecule has 0 aliphatic rings. The molecule has 1 aromatic rings. The topological polar surface area (TPSA) is 66.6 Å². The van der Waals surface area contributed by atoms with Gasteiger partial charge in [0.25, 0.3) is 5.69 Å². The van der Waals surface area contributed by atoms with E-state index in [1.165, 1.54) is 6.07 Å². The molecule has 0 unspecified atom stereocenters. The van der Waals surface area contributed by atoms with Gasteiger partial charge >= 0.3 is 0 Å². The molecular formula is C11H15ClN2O3. The van der Waals surface area contributed by atoms with Gasteiger partial charge in [0, 0.05) is 19.2 Å². The number of aliphatic hydroxyl groups is 1. The average molecular weight is 259 g/mol. The van der Waals surface area contributed by atoms with Gasteiger partial charge in [-0.2, -0.15) is 0 Å². The van der Waals surface area contributed by atoms with E-state index in [4.69, 9.17) is 16.7 Å². The van der Waals surface area contributed by atoms with E-state index >= 15 is 0 Å². The zero-order valence-corrected chi connectivity index (χ0v) is 10.4. The molecule has 1 rings (SSSR count). The number of nitro groups is 1. The van der Waals surface area contributed by atoms with E-state index < -0.39 is 4.92 Å².